The van der Waals surface area contributed by atoms with E-state index in [0.717, 1.165) is 7.14 Å². The van der Waals surface area contributed by atoms with Crippen LogP contribution in [-0.4, -0.2) is 5.11 Å². The molecule has 0 unspecified atom stereocenters. The van der Waals surface area contributed by atoms with Gasteiger partial charge in [0.15, 0.2) is 0 Å². The monoisotopic (exact) mass is 457 g/mol. The summed E-state index contributed by atoms with van der Waals surface area (Å²) < 4.78 is 1.80. The van der Waals surface area contributed by atoms with Crippen molar-refractivity contribution in [2.45, 2.75) is 38.1 Å². The molecule has 0 amide bonds. The minimum atomic E-state index is 0.123. The van der Waals surface area contributed by atoms with Gasteiger partial charge >= 0.3 is 0 Å². The lowest BCUT2D eigenvalue weighted by Crippen LogP contribution is -2.23. The smallest absolute Gasteiger partial charge is 0.142 e. The Morgan fingerprint density at radius 1 is 1.12 bits per heavy atom. The summed E-state index contributed by atoms with van der Waals surface area (Å²) in [6.45, 7) is 0. The van der Waals surface area contributed by atoms with Gasteiger partial charge < -0.3 is 10.8 Å². The molecular formula is C13H17I2NO. The molecule has 0 radical (unpaired) electrons. The number of hydrogen-bond acceptors (Lipinski definition) is 2. The van der Waals surface area contributed by atoms with Crippen LogP contribution in [0.4, 0.5) is 0 Å². The third-order valence-corrected chi connectivity index (χ3v) is 5.23. The van der Waals surface area contributed by atoms with Gasteiger partial charge in [0.25, 0.3) is 0 Å². The second-order valence-electron chi connectivity index (χ2n) is 4.76. The fourth-order valence-electron chi connectivity index (χ4n) is 2.54. The lowest BCUT2D eigenvalue weighted by molar-refractivity contribution is 0.308. The summed E-state index contributed by atoms with van der Waals surface area (Å²) in [7, 11) is 0. The summed E-state index contributed by atoms with van der Waals surface area (Å²) in [6.07, 6.45) is 6.47. The molecule has 2 nitrogen and oxygen atoms in total. The molecule has 1 aromatic rings. The van der Waals surface area contributed by atoms with Gasteiger partial charge in [-0.25, -0.2) is 0 Å². The molecule has 1 aromatic carbocycles. The summed E-state index contributed by atoms with van der Waals surface area (Å²) in [5, 5.41) is 9.77. The highest BCUT2D eigenvalue weighted by molar-refractivity contribution is 14.1. The van der Waals surface area contributed by atoms with Crippen molar-refractivity contribution >= 4 is 45.2 Å². The molecule has 94 valence electrons. The maximum absolute atomic E-state index is 9.77. The summed E-state index contributed by atoms with van der Waals surface area (Å²) in [5.74, 6) is 0.991. The Kier molecular flexibility index (Phi) is 4.94. The van der Waals surface area contributed by atoms with Crippen molar-refractivity contribution in [1.82, 2.24) is 0 Å². The van der Waals surface area contributed by atoms with Crippen molar-refractivity contribution in [2.24, 2.45) is 11.7 Å². The van der Waals surface area contributed by atoms with Crippen LogP contribution >= 0.6 is 45.2 Å². The van der Waals surface area contributed by atoms with E-state index in [4.69, 9.17) is 5.73 Å². The average molecular weight is 457 g/mol. The van der Waals surface area contributed by atoms with Gasteiger partial charge in [-0.05, 0) is 81.6 Å². The number of aromatic hydroxyl groups is 1. The van der Waals surface area contributed by atoms with Gasteiger partial charge in [0.05, 0.1) is 7.14 Å². The van der Waals surface area contributed by atoms with Gasteiger partial charge in [-0.3, -0.25) is 0 Å². The number of rotatable bonds is 2. The van der Waals surface area contributed by atoms with Crippen LogP contribution < -0.4 is 5.73 Å². The first kappa shape index (κ1) is 13.9. The number of phenols is 1. The Bertz CT molecular complexity index is 379. The first-order chi connectivity index (χ1) is 8.09. The highest BCUT2D eigenvalue weighted by Gasteiger charge is 2.22. The normalized spacial score (nSPS) is 19.2. The van der Waals surface area contributed by atoms with Gasteiger partial charge in [-0.1, -0.05) is 19.3 Å². The van der Waals surface area contributed by atoms with Crippen molar-refractivity contribution < 1.29 is 5.11 Å². The zero-order chi connectivity index (χ0) is 12.4. The Labute approximate surface area is 130 Å². The van der Waals surface area contributed by atoms with E-state index in [0.29, 0.717) is 11.7 Å². The predicted molar refractivity (Wildman–Crippen MR) is 87.0 cm³/mol. The molecule has 0 aromatic heterocycles. The van der Waals surface area contributed by atoms with Crippen LogP contribution in [0.15, 0.2) is 12.1 Å². The number of nitrogens with two attached hydrogens (primary N) is 1. The molecule has 1 aliphatic rings. The molecule has 1 fully saturated rings. The molecule has 3 N–H and O–H groups in total. The van der Waals surface area contributed by atoms with E-state index in [1.54, 1.807) is 0 Å². The van der Waals surface area contributed by atoms with Gasteiger partial charge in [0.1, 0.15) is 5.75 Å². The Hall–Kier alpha value is 0.440. The molecule has 1 aliphatic carbocycles. The van der Waals surface area contributed by atoms with Gasteiger partial charge in [-0.15, -0.1) is 0 Å². The van der Waals surface area contributed by atoms with Crippen molar-refractivity contribution in [3.8, 4) is 5.75 Å². The van der Waals surface area contributed by atoms with Crippen LogP contribution in [0.5, 0.6) is 5.75 Å². The molecule has 2 rings (SSSR count). The minimum absolute atomic E-state index is 0.123. The molecule has 0 bridgehead atoms. The number of hydrogen-bond donors (Lipinski definition) is 2. The minimum Gasteiger partial charge on any atom is -0.506 e. The third-order valence-electron chi connectivity index (χ3n) is 3.58. The first-order valence-corrected chi connectivity index (χ1v) is 8.19. The van der Waals surface area contributed by atoms with Gasteiger partial charge in [0.2, 0.25) is 0 Å². The van der Waals surface area contributed by atoms with Crippen molar-refractivity contribution in [1.29, 1.82) is 0 Å². The largest absolute Gasteiger partial charge is 0.506 e. The van der Waals surface area contributed by atoms with E-state index in [2.05, 4.69) is 45.2 Å². The fraction of sp³-hybridized carbons (Fsp3) is 0.538. The standard InChI is InChI=1S/C13H17I2NO/c14-10-6-9(7-11(15)13(10)17)12(16)8-4-2-1-3-5-8/h6-8,12,17H,1-5,16H2/t12-/m0/s1. The summed E-state index contributed by atoms with van der Waals surface area (Å²) >= 11 is 4.34. The molecule has 4 heteroatoms. The van der Waals surface area contributed by atoms with Gasteiger partial charge in [0, 0.05) is 6.04 Å². The molecule has 17 heavy (non-hydrogen) atoms. The number of phenolic OH excluding ortho intramolecular Hbond substituents is 1. The summed E-state index contributed by atoms with van der Waals surface area (Å²) in [4.78, 5) is 0. The Morgan fingerprint density at radius 3 is 2.18 bits per heavy atom. The molecule has 0 spiro atoms. The zero-order valence-corrected chi connectivity index (χ0v) is 13.9. The topological polar surface area (TPSA) is 46.2 Å². The average Bonchev–Trinajstić information content (AvgIpc) is 2.35. The third kappa shape index (κ3) is 3.26. The summed E-state index contributed by atoms with van der Waals surface area (Å²) in [5.41, 5.74) is 7.54. The fourth-order valence-corrected chi connectivity index (χ4v) is 4.36. The van der Waals surface area contributed by atoms with Crippen LogP contribution in [-0.2, 0) is 0 Å². The van der Waals surface area contributed by atoms with Gasteiger partial charge in [-0.2, -0.15) is 0 Å². The van der Waals surface area contributed by atoms with Crippen LogP contribution in [0.1, 0.15) is 43.7 Å². The molecular weight excluding hydrogens is 440 g/mol. The van der Waals surface area contributed by atoms with Crippen LogP contribution in [0, 0.1) is 13.1 Å². The molecule has 0 heterocycles. The highest BCUT2D eigenvalue weighted by atomic mass is 127. The second-order valence-corrected chi connectivity index (χ2v) is 7.08. The number of benzene rings is 1. The van der Waals surface area contributed by atoms with E-state index in [1.807, 2.05) is 12.1 Å². The van der Waals surface area contributed by atoms with Crippen molar-refractivity contribution in [3.05, 3.63) is 24.8 Å². The number of halogens is 2. The van der Waals surface area contributed by atoms with E-state index in [1.165, 1.54) is 37.7 Å². The van der Waals surface area contributed by atoms with E-state index >= 15 is 0 Å². The molecule has 0 aliphatic heterocycles. The maximum Gasteiger partial charge on any atom is 0.142 e. The van der Waals surface area contributed by atoms with Crippen molar-refractivity contribution in [2.75, 3.05) is 0 Å². The lowest BCUT2D eigenvalue weighted by atomic mass is 9.81. The predicted octanol–water partition coefficient (Wildman–Crippen LogP) is 4.18. The summed E-state index contributed by atoms with van der Waals surface area (Å²) in [6, 6.07) is 4.17. The molecule has 1 atom stereocenters. The quantitative estimate of drug-likeness (QED) is 0.655. The SMILES string of the molecule is N[C@H](c1cc(I)c(O)c(I)c1)C1CCCCC1. The van der Waals surface area contributed by atoms with Crippen LogP contribution in [0.2, 0.25) is 0 Å². The van der Waals surface area contributed by atoms with Crippen LogP contribution in [0.3, 0.4) is 0 Å². The molecule has 1 saturated carbocycles. The Morgan fingerprint density at radius 2 is 1.65 bits per heavy atom. The van der Waals surface area contributed by atoms with E-state index in [-0.39, 0.29) is 6.04 Å². The van der Waals surface area contributed by atoms with E-state index in [9.17, 15) is 5.11 Å². The van der Waals surface area contributed by atoms with Crippen molar-refractivity contribution in [3.63, 3.8) is 0 Å². The zero-order valence-electron chi connectivity index (χ0n) is 9.63. The highest BCUT2D eigenvalue weighted by Crippen LogP contribution is 2.36. The van der Waals surface area contributed by atoms with Crippen LogP contribution in [0.25, 0.3) is 0 Å². The maximum atomic E-state index is 9.77. The second kappa shape index (κ2) is 6.06. The molecule has 0 saturated heterocycles. The first-order valence-electron chi connectivity index (χ1n) is 6.03. The van der Waals surface area contributed by atoms with E-state index < -0.39 is 0 Å². The Balaban J connectivity index is 2.21. The lowest BCUT2D eigenvalue weighted by Gasteiger charge is -2.28.